The van der Waals surface area contributed by atoms with Gasteiger partial charge < -0.3 is 4.74 Å². The summed E-state index contributed by atoms with van der Waals surface area (Å²) >= 11 is 1.58. The van der Waals surface area contributed by atoms with Crippen LogP contribution in [0.3, 0.4) is 0 Å². The summed E-state index contributed by atoms with van der Waals surface area (Å²) in [5, 5.41) is 7.28. The number of thioether (sulfide) groups is 1. The van der Waals surface area contributed by atoms with Crippen LogP contribution in [0.4, 0.5) is 10.1 Å². The van der Waals surface area contributed by atoms with Gasteiger partial charge in [0.15, 0.2) is 16.7 Å². The van der Waals surface area contributed by atoms with Crippen molar-refractivity contribution >= 4 is 28.8 Å². The minimum Gasteiger partial charge on any atom is -0.490 e. The van der Waals surface area contributed by atoms with E-state index in [9.17, 15) is 4.39 Å². The Bertz CT molecular complexity index is 808. The number of hydrogen-bond acceptors (Lipinski definition) is 5. The van der Waals surface area contributed by atoms with E-state index in [1.807, 2.05) is 29.4 Å². The Kier molecular flexibility index (Phi) is 4.21. The zero-order chi connectivity index (χ0) is 16.4. The number of fused-ring (bicyclic) bond motifs is 3. The molecule has 2 aromatic carbocycles. The molecule has 0 fully saturated rings. The fourth-order valence-corrected chi connectivity index (χ4v) is 3.65. The van der Waals surface area contributed by atoms with Crippen LogP contribution in [0.15, 0.2) is 58.6 Å². The molecule has 4 rings (SSSR count). The van der Waals surface area contributed by atoms with Crippen LogP contribution in [-0.4, -0.2) is 28.8 Å². The molecule has 1 atom stereocenters. The Balaban J connectivity index is 1.42. The predicted octanol–water partition coefficient (Wildman–Crippen LogP) is 4.37. The number of amidine groups is 1. The number of ether oxygens (including phenoxy) is 1. The molecule has 0 aliphatic carbocycles. The number of hydrazone groups is 1. The summed E-state index contributed by atoms with van der Waals surface area (Å²) < 4.78 is 19.0. The Labute approximate surface area is 144 Å². The Morgan fingerprint density at radius 2 is 2.00 bits per heavy atom. The highest BCUT2D eigenvalue weighted by Crippen LogP contribution is 2.40. The molecule has 0 radical (unpaired) electrons. The van der Waals surface area contributed by atoms with Gasteiger partial charge in [-0.2, -0.15) is 5.10 Å². The highest BCUT2D eigenvalue weighted by molar-refractivity contribution is 8.13. The molecule has 122 valence electrons. The van der Waals surface area contributed by atoms with Gasteiger partial charge in [-0.15, -0.1) is 0 Å². The van der Waals surface area contributed by atoms with Gasteiger partial charge in [-0.3, -0.25) is 0 Å². The van der Waals surface area contributed by atoms with Crippen LogP contribution in [0, 0.1) is 5.82 Å². The van der Waals surface area contributed by atoms with Gasteiger partial charge in [-0.1, -0.05) is 42.1 Å². The highest BCUT2D eigenvalue weighted by Gasteiger charge is 2.32. The van der Waals surface area contributed by atoms with Gasteiger partial charge in [0, 0.05) is 24.0 Å². The van der Waals surface area contributed by atoms with Crippen LogP contribution in [0.2, 0.25) is 0 Å². The number of benzene rings is 2. The van der Waals surface area contributed by atoms with Crippen molar-refractivity contribution in [2.24, 2.45) is 10.1 Å². The van der Waals surface area contributed by atoms with Crippen molar-refractivity contribution in [3.05, 3.63) is 59.9 Å². The van der Waals surface area contributed by atoms with Crippen molar-refractivity contribution in [3.63, 3.8) is 0 Å². The zero-order valence-corrected chi connectivity index (χ0v) is 13.7. The number of nitrogens with zero attached hydrogens (tertiary/aromatic N) is 3. The van der Waals surface area contributed by atoms with E-state index in [1.54, 1.807) is 30.0 Å². The van der Waals surface area contributed by atoms with E-state index < -0.39 is 0 Å². The van der Waals surface area contributed by atoms with E-state index in [4.69, 9.17) is 9.73 Å². The van der Waals surface area contributed by atoms with Crippen molar-refractivity contribution in [1.29, 1.82) is 0 Å². The number of halogens is 1. The summed E-state index contributed by atoms with van der Waals surface area (Å²) in [5.74, 6) is 0.621. The van der Waals surface area contributed by atoms with Gasteiger partial charge in [0.05, 0.1) is 18.3 Å². The molecule has 0 bridgehead atoms. The fraction of sp³-hybridized carbons (Fsp3) is 0.222. The second-order valence-corrected chi connectivity index (χ2v) is 6.54. The van der Waals surface area contributed by atoms with Gasteiger partial charge in [0.2, 0.25) is 0 Å². The summed E-state index contributed by atoms with van der Waals surface area (Å²) in [6.07, 6.45) is 2.82. The molecule has 2 heterocycles. The lowest BCUT2D eigenvalue weighted by Gasteiger charge is -2.29. The smallest absolute Gasteiger partial charge is 0.185 e. The molecule has 0 saturated heterocycles. The van der Waals surface area contributed by atoms with Crippen molar-refractivity contribution in [2.45, 2.75) is 12.5 Å². The molecule has 0 saturated carbocycles. The third-order valence-corrected chi connectivity index (χ3v) is 4.85. The van der Waals surface area contributed by atoms with Crippen LogP contribution < -0.4 is 4.74 Å². The Morgan fingerprint density at radius 1 is 1.17 bits per heavy atom. The van der Waals surface area contributed by atoms with Crippen molar-refractivity contribution in [2.75, 3.05) is 12.4 Å². The predicted molar refractivity (Wildman–Crippen MR) is 95.6 cm³/mol. The maximum Gasteiger partial charge on any atom is 0.185 e. The Hall–Kier alpha value is -2.34. The third kappa shape index (κ3) is 2.89. The van der Waals surface area contributed by atoms with Crippen molar-refractivity contribution in [3.8, 4) is 5.75 Å². The summed E-state index contributed by atoms with van der Waals surface area (Å²) in [6.45, 7) is 0.411. The Morgan fingerprint density at radius 3 is 2.92 bits per heavy atom. The fourth-order valence-electron chi connectivity index (χ4n) is 2.83. The van der Waals surface area contributed by atoms with E-state index in [0.29, 0.717) is 12.4 Å². The van der Waals surface area contributed by atoms with Gasteiger partial charge in [0.25, 0.3) is 0 Å². The van der Waals surface area contributed by atoms with Crippen LogP contribution in [-0.2, 0) is 0 Å². The molecule has 2 aliphatic heterocycles. The molecule has 0 spiro atoms. The topological polar surface area (TPSA) is 37.2 Å². The molecule has 0 aromatic heterocycles. The lowest BCUT2D eigenvalue weighted by Crippen LogP contribution is -2.28. The maximum absolute atomic E-state index is 13.5. The molecule has 6 heteroatoms. The minimum atomic E-state index is -0.337. The number of para-hydroxylation sites is 2. The van der Waals surface area contributed by atoms with Crippen LogP contribution in [0.1, 0.15) is 18.0 Å². The molecule has 0 N–H and O–H groups in total. The molecule has 2 aromatic rings. The zero-order valence-electron chi connectivity index (χ0n) is 12.9. The van der Waals surface area contributed by atoms with Crippen molar-refractivity contribution < 1.29 is 9.13 Å². The first kappa shape index (κ1) is 15.2. The average molecular weight is 341 g/mol. The average Bonchev–Trinajstić information content (AvgIpc) is 3.10. The highest BCUT2D eigenvalue weighted by atomic mass is 32.2. The van der Waals surface area contributed by atoms with Crippen LogP contribution in [0.5, 0.6) is 5.75 Å². The van der Waals surface area contributed by atoms with Gasteiger partial charge in [-0.25, -0.2) is 14.4 Å². The first-order valence-corrected chi connectivity index (χ1v) is 8.81. The van der Waals surface area contributed by atoms with Crippen LogP contribution in [0.25, 0.3) is 0 Å². The van der Waals surface area contributed by atoms with E-state index in [2.05, 4.69) is 11.2 Å². The normalized spacial score (nSPS) is 18.1. The minimum absolute atomic E-state index is 0.230. The largest absolute Gasteiger partial charge is 0.490 e. The number of rotatable bonds is 4. The van der Waals surface area contributed by atoms with Crippen LogP contribution >= 0.6 is 11.8 Å². The summed E-state index contributed by atoms with van der Waals surface area (Å²) in [5.41, 5.74) is 2.21. The van der Waals surface area contributed by atoms with Gasteiger partial charge >= 0.3 is 0 Å². The second-order valence-electron chi connectivity index (χ2n) is 5.47. The van der Waals surface area contributed by atoms with Gasteiger partial charge in [0.1, 0.15) is 0 Å². The monoisotopic (exact) mass is 341 g/mol. The molecule has 24 heavy (non-hydrogen) atoms. The molecular formula is C18H16FN3OS. The third-order valence-electron chi connectivity index (χ3n) is 3.95. The molecule has 1 unspecified atom stereocenters. The summed E-state index contributed by atoms with van der Waals surface area (Å²) in [4.78, 5) is 4.71. The van der Waals surface area contributed by atoms with E-state index in [1.165, 1.54) is 11.6 Å². The van der Waals surface area contributed by atoms with E-state index in [0.717, 1.165) is 17.3 Å². The number of aliphatic imine (C=N–C) groups is 1. The maximum atomic E-state index is 13.5. The first-order valence-electron chi connectivity index (χ1n) is 7.82. The summed E-state index contributed by atoms with van der Waals surface area (Å²) in [6, 6.07) is 14.8. The standard InChI is InChI=1S/C18H16FN3OS/c19-14-6-2-4-8-17(14)23-11-12-24-18-21-15-7-3-1-5-13(15)16-9-10-20-22(16)18/h1-8,10,16H,9,11-12H2. The van der Waals surface area contributed by atoms with Crippen molar-refractivity contribution in [1.82, 2.24) is 5.01 Å². The van der Waals surface area contributed by atoms with Gasteiger partial charge in [-0.05, 0) is 18.2 Å². The summed E-state index contributed by atoms with van der Waals surface area (Å²) in [7, 11) is 0. The molecule has 0 amide bonds. The van der Waals surface area contributed by atoms with E-state index in [-0.39, 0.29) is 17.6 Å². The quantitative estimate of drug-likeness (QED) is 0.775. The second kappa shape index (κ2) is 6.65. The molecule has 2 aliphatic rings. The first-order chi connectivity index (χ1) is 11.8. The van der Waals surface area contributed by atoms with E-state index >= 15 is 0 Å². The SMILES string of the molecule is Fc1ccccc1OCCSC1=Nc2ccccc2C2CC=NN12. The molecule has 4 nitrogen and oxygen atoms in total. The lowest BCUT2D eigenvalue weighted by molar-refractivity contribution is 0.325. The lowest BCUT2D eigenvalue weighted by atomic mass is 10.0. The molecular weight excluding hydrogens is 325 g/mol. The number of hydrogen-bond donors (Lipinski definition) is 0.